The zero-order valence-electron chi connectivity index (χ0n) is 13.5. The number of nitrogens with zero attached hydrogens (tertiary/aromatic N) is 2. The number of hydrogen-bond donors (Lipinski definition) is 1. The van der Waals surface area contributed by atoms with E-state index in [1.54, 1.807) is 6.20 Å². The largest absolute Gasteiger partial charge is 0.347 e. The zero-order chi connectivity index (χ0) is 16.7. The summed E-state index contributed by atoms with van der Waals surface area (Å²) >= 11 is 7.35. The number of piperidine rings is 3. The monoisotopic (exact) mass is 361 g/mol. The second kappa shape index (κ2) is 6.47. The van der Waals surface area contributed by atoms with E-state index in [-0.39, 0.29) is 11.9 Å². The summed E-state index contributed by atoms with van der Waals surface area (Å²) in [6.07, 6.45) is 4.05. The van der Waals surface area contributed by atoms with Crippen LogP contribution in [0.5, 0.6) is 0 Å². The number of aromatic nitrogens is 1. The van der Waals surface area contributed by atoms with E-state index >= 15 is 0 Å². The molecule has 3 saturated heterocycles. The molecule has 3 aliphatic rings. The number of carbonyl (C=O) groups is 1. The Kier molecular flexibility index (Phi) is 4.33. The average Bonchev–Trinajstić information content (AvgIpc) is 3.09. The van der Waals surface area contributed by atoms with Gasteiger partial charge >= 0.3 is 0 Å². The molecule has 5 rings (SSSR count). The lowest BCUT2D eigenvalue weighted by molar-refractivity contribution is 0.0218. The molecule has 126 valence electrons. The molecule has 0 radical (unpaired) electrons. The molecule has 2 aromatic rings. The second-order valence-electron chi connectivity index (χ2n) is 6.65. The number of thiazole rings is 1. The molecule has 1 aromatic carbocycles. The molecule has 4 nitrogen and oxygen atoms in total. The van der Waals surface area contributed by atoms with Crippen LogP contribution in [0.15, 0.2) is 30.5 Å². The first-order valence-corrected chi connectivity index (χ1v) is 9.58. The Labute approximate surface area is 150 Å². The molecule has 0 unspecified atom stereocenters. The second-order valence-corrected chi connectivity index (χ2v) is 8.12. The van der Waals surface area contributed by atoms with Crippen molar-refractivity contribution in [3.05, 3.63) is 40.4 Å². The fourth-order valence-corrected chi connectivity index (χ4v) is 4.82. The van der Waals surface area contributed by atoms with Crippen LogP contribution in [0.4, 0.5) is 0 Å². The average molecular weight is 362 g/mol. The van der Waals surface area contributed by atoms with Crippen LogP contribution in [-0.4, -0.2) is 41.0 Å². The van der Waals surface area contributed by atoms with Gasteiger partial charge in [-0.05, 0) is 50.9 Å². The molecule has 2 bridgehead atoms. The van der Waals surface area contributed by atoms with Crippen molar-refractivity contribution in [1.82, 2.24) is 15.2 Å². The first-order chi connectivity index (χ1) is 11.6. The number of amides is 1. The van der Waals surface area contributed by atoms with E-state index in [2.05, 4.69) is 22.1 Å². The maximum Gasteiger partial charge on any atom is 0.263 e. The lowest BCUT2D eigenvalue weighted by Gasteiger charge is -2.49. The van der Waals surface area contributed by atoms with Crippen molar-refractivity contribution in [2.75, 3.05) is 13.1 Å². The highest BCUT2D eigenvalue weighted by Gasteiger charge is 2.40. The summed E-state index contributed by atoms with van der Waals surface area (Å²) in [4.78, 5) is 20.2. The molecule has 3 fully saturated rings. The highest BCUT2D eigenvalue weighted by atomic mass is 35.5. The van der Waals surface area contributed by atoms with Gasteiger partial charge in [-0.2, -0.15) is 0 Å². The fourth-order valence-electron chi connectivity index (χ4n) is 3.87. The highest BCUT2D eigenvalue weighted by molar-refractivity contribution is 7.16. The van der Waals surface area contributed by atoms with Crippen LogP contribution in [0.1, 0.15) is 29.4 Å². The summed E-state index contributed by atoms with van der Waals surface area (Å²) in [5.41, 5.74) is 0.986. The summed E-state index contributed by atoms with van der Waals surface area (Å²) in [6, 6.07) is 8.21. The van der Waals surface area contributed by atoms with Crippen molar-refractivity contribution in [3.63, 3.8) is 0 Å². The van der Waals surface area contributed by atoms with Gasteiger partial charge in [-0.3, -0.25) is 9.69 Å². The summed E-state index contributed by atoms with van der Waals surface area (Å²) in [5.74, 6) is 0.607. The Morgan fingerprint density at radius 1 is 1.29 bits per heavy atom. The van der Waals surface area contributed by atoms with Crippen molar-refractivity contribution >= 4 is 28.8 Å². The summed E-state index contributed by atoms with van der Waals surface area (Å²) < 4.78 is 0. The van der Waals surface area contributed by atoms with Crippen molar-refractivity contribution in [3.8, 4) is 10.6 Å². The smallest absolute Gasteiger partial charge is 0.263 e. The molecule has 6 heteroatoms. The van der Waals surface area contributed by atoms with Crippen LogP contribution in [-0.2, 0) is 0 Å². The third kappa shape index (κ3) is 2.96. The predicted octanol–water partition coefficient (Wildman–Crippen LogP) is 3.68. The Hall–Kier alpha value is -1.43. The number of nitrogens with one attached hydrogen (secondary N) is 1. The topological polar surface area (TPSA) is 45.2 Å². The first-order valence-electron chi connectivity index (χ1n) is 8.38. The van der Waals surface area contributed by atoms with Crippen LogP contribution in [0.3, 0.4) is 0 Å². The predicted molar refractivity (Wildman–Crippen MR) is 97.6 cm³/mol. The van der Waals surface area contributed by atoms with E-state index in [1.165, 1.54) is 37.3 Å². The van der Waals surface area contributed by atoms with Crippen LogP contribution in [0, 0.1) is 5.92 Å². The molecule has 1 N–H and O–H groups in total. The Morgan fingerprint density at radius 3 is 2.67 bits per heavy atom. The van der Waals surface area contributed by atoms with E-state index in [4.69, 9.17) is 11.6 Å². The standard InChI is InChI=1S/C18H20ClN3OS/c1-11-16(12-6-8-22(11)9-7-12)21-17(23)15-10-20-18(24-15)13-2-4-14(19)5-3-13/h2-5,10-12,16H,6-9H2,1H3,(H,21,23)/t11-,16-/m0/s1. The van der Waals surface area contributed by atoms with Gasteiger partial charge in [-0.1, -0.05) is 23.7 Å². The van der Waals surface area contributed by atoms with Gasteiger partial charge in [0.15, 0.2) is 0 Å². The third-order valence-corrected chi connectivity index (χ3v) is 6.59. The molecular formula is C18H20ClN3OS. The summed E-state index contributed by atoms with van der Waals surface area (Å²) in [5, 5.41) is 4.80. The Balaban J connectivity index is 1.48. The van der Waals surface area contributed by atoms with Crippen LogP contribution >= 0.6 is 22.9 Å². The number of carbonyl (C=O) groups excluding carboxylic acids is 1. The third-order valence-electron chi connectivity index (χ3n) is 5.30. The lowest BCUT2D eigenvalue weighted by atomic mass is 9.79. The number of hydrogen-bond acceptors (Lipinski definition) is 4. The van der Waals surface area contributed by atoms with E-state index in [0.717, 1.165) is 10.6 Å². The lowest BCUT2D eigenvalue weighted by Crippen LogP contribution is -2.62. The number of fused-ring (bicyclic) bond motifs is 3. The van der Waals surface area contributed by atoms with Gasteiger partial charge in [0.05, 0.1) is 6.20 Å². The molecule has 4 heterocycles. The van der Waals surface area contributed by atoms with Gasteiger partial charge in [-0.25, -0.2) is 4.98 Å². The summed E-state index contributed by atoms with van der Waals surface area (Å²) in [7, 11) is 0. The maximum atomic E-state index is 12.7. The van der Waals surface area contributed by atoms with Gasteiger partial charge in [0.25, 0.3) is 5.91 Å². The molecule has 24 heavy (non-hydrogen) atoms. The number of rotatable bonds is 3. The molecule has 1 aromatic heterocycles. The molecule has 1 amide bonds. The molecule has 0 aliphatic carbocycles. The van der Waals surface area contributed by atoms with Crippen molar-refractivity contribution in [2.24, 2.45) is 5.92 Å². The SMILES string of the molecule is C[C@H]1[C@H](NC(=O)c2cnc(-c3ccc(Cl)cc3)s2)C2CCN1CC2. The van der Waals surface area contributed by atoms with Gasteiger partial charge < -0.3 is 5.32 Å². The first kappa shape index (κ1) is 16.1. The molecule has 2 atom stereocenters. The van der Waals surface area contributed by atoms with Crippen molar-refractivity contribution < 1.29 is 4.79 Å². The van der Waals surface area contributed by atoms with Crippen molar-refractivity contribution in [2.45, 2.75) is 31.8 Å². The zero-order valence-corrected chi connectivity index (χ0v) is 15.1. The van der Waals surface area contributed by atoms with E-state index in [9.17, 15) is 4.79 Å². The minimum Gasteiger partial charge on any atom is -0.347 e. The molecule has 0 saturated carbocycles. The van der Waals surface area contributed by atoms with Crippen LogP contribution < -0.4 is 5.32 Å². The Bertz CT molecular complexity index is 735. The van der Waals surface area contributed by atoms with Crippen LogP contribution in [0.2, 0.25) is 5.02 Å². The van der Waals surface area contributed by atoms with E-state index in [1.807, 2.05) is 24.3 Å². The fraction of sp³-hybridized carbons (Fsp3) is 0.444. The molecule has 0 spiro atoms. The van der Waals surface area contributed by atoms with Gasteiger partial charge in [0, 0.05) is 22.7 Å². The highest BCUT2D eigenvalue weighted by Crippen LogP contribution is 2.33. The van der Waals surface area contributed by atoms with E-state index in [0.29, 0.717) is 21.9 Å². The van der Waals surface area contributed by atoms with Gasteiger partial charge in [0.1, 0.15) is 9.88 Å². The van der Waals surface area contributed by atoms with E-state index < -0.39 is 0 Å². The quantitative estimate of drug-likeness (QED) is 0.907. The molecule has 3 aliphatic heterocycles. The Morgan fingerprint density at radius 2 is 2.00 bits per heavy atom. The molecular weight excluding hydrogens is 342 g/mol. The number of benzene rings is 1. The number of halogens is 1. The van der Waals surface area contributed by atoms with Crippen LogP contribution in [0.25, 0.3) is 10.6 Å². The normalized spacial score (nSPS) is 28.8. The van der Waals surface area contributed by atoms with Crippen molar-refractivity contribution in [1.29, 1.82) is 0 Å². The minimum atomic E-state index is -0.00156. The van der Waals surface area contributed by atoms with Gasteiger partial charge in [-0.15, -0.1) is 11.3 Å². The maximum absolute atomic E-state index is 12.7. The van der Waals surface area contributed by atoms with Gasteiger partial charge in [0.2, 0.25) is 0 Å². The summed E-state index contributed by atoms with van der Waals surface area (Å²) in [6.45, 7) is 4.56. The minimum absolute atomic E-state index is 0.00156.